The van der Waals surface area contributed by atoms with Crippen molar-refractivity contribution in [2.45, 2.75) is 13.5 Å². The average molecular weight is 308 g/mol. The number of halogens is 1. The van der Waals surface area contributed by atoms with Gasteiger partial charge in [0.25, 0.3) is 5.91 Å². The number of amides is 1. The Labute approximate surface area is 124 Å². The first-order valence-corrected chi connectivity index (χ1v) is 7.13. The average Bonchev–Trinajstić information content (AvgIpc) is 2.96. The minimum atomic E-state index is -0.542. The van der Waals surface area contributed by atoms with Gasteiger partial charge < -0.3 is 10.1 Å². The van der Waals surface area contributed by atoms with Gasteiger partial charge in [-0.05, 0) is 24.6 Å². The van der Waals surface area contributed by atoms with Crippen LogP contribution in [0.15, 0.2) is 29.6 Å². The number of hydrogen-bond acceptors (Lipinski definition) is 5. The fourth-order valence-corrected chi connectivity index (χ4v) is 2.23. The SMILES string of the molecule is CCOC(=O)c1nc(C(=O)NCc2ccc(F)cc2)cs1. The predicted molar refractivity (Wildman–Crippen MR) is 75.6 cm³/mol. The molecule has 0 radical (unpaired) electrons. The van der Waals surface area contributed by atoms with Crippen molar-refractivity contribution in [3.05, 3.63) is 51.7 Å². The summed E-state index contributed by atoms with van der Waals surface area (Å²) in [5, 5.41) is 4.28. The molecule has 7 heteroatoms. The lowest BCUT2D eigenvalue weighted by Gasteiger charge is -2.03. The number of nitrogens with one attached hydrogen (secondary N) is 1. The zero-order chi connectivity index (χ0) is 15.2. The van der Waals surface area contributed by atoms with Crippen molar-refractivity contribution in [2.24, 2.45) is 0 Å². The smallest absolute Gasteiger partial charge is 0.367 e. The molecule has 1 aromatic carbocycles. The largest absolute Gasteiger partial charge is 0.461 e. The summed E-state index contributed by atoms with van der Waals surface area (Å²) < 4.78 is 17.6. The molecule has 5 nitrogen and oxygen atoms in total. The first-order valence-electron chi connectivity index (χ1n) is 6.25. The molecule has 0 aliphatic carbocycles. The second kappa shape index (κ2) is 6.94. The number of carbonyl (C=O) groups is 2. The van der Waals surface area contributed by atoms with Gasteiger partial charge in [-0.25, -0.2) is 14.2 Å². The Morgan fingerprint density at radius 2 is 2.05 bits per heavy atom. The van der Waals surface area contributed by atoms with E-state index in [4.69, 9.17) is 4.74 Å². The zero-order valence-corrected chi connectivity index (χ0v) is 12.1. The number of thiazole rings is 1. The third-order valence-corrected chi connectivity index (χ3v) is 3.38. The van der Waals surface area contributed by atoms with Crippen LogP contribution in [0.2, 0.25) is 0 Å². The van der Waals surface area contributed by atoms with E-state index < -0.39 is 11.9 Å². The van der Waals surface area contributed by atoms with Crippen LogP contribution in [0.25, 0.3) is 0 Å². The van der Waals surface area contributed by atoms with E-state index >= 15 is 0 Å². The normalized spacial score (nSPS) is 10.2. The number of hydrogen-bond donors (Lipinski definition) is 1. The first kappa shape index (κ1) is 15.1. The molecule has 1 amide bonds. The highest BCUT2D eigenvalue weighted by Gasteiger charge is 2.16. The fourth-order valence-electron chi connectivity index (χ4n) is 1.54. The Kier molecular flexibility index (Phi) is 4.99. The first-order chi connectivity index (χ1) is 10.1. The highest BCUT2D eigenvalue weighted by molar-refractivity contribution is 7.11. The van der Waals surface area contributed by atoms with Crippen molar-refractivity contribution in [1.29, 1.82) is 0 Å². The van der Waals surface area contributed by atoms with Gasteiger partial charge in [-0.15, -0.1) is 11.3 Å². The molecular formula is C14H13FN2O3S. The van der Waals surface area contributed by atoms with E-state index in [1.807, 2.05) is 0 Å². The Morgan fingerprint density at radius 3 is 2.71 bits per heavy atom. The van der Waals surface area contributed by atoms with Crippen LogP contribution in [0.3, 0.4) is 0 Å². The van der Waals surface area contributed by atoms with Gasteiger partial charge in [0, 0.05) is 11.9 Å². The van der Waals surface area contributed by atoms with E-state index in [0.717, 1.165) is 16.9 Å². The molecule has 1 aromatic heterocycles. The van der Waals surface area contributed by atoms with Crippen LogP contribution in [0.4, 0.5) is 4.39 Å². The minimum absolute atomic E-state index is 0.142. The molecule has 21 heavy (non-hydrogen) atoms. The molecule has 0 bridgehead atoms. The van der Waals surface area contributed by atoms with Crippen LogP contribution in [0.5, 0.6) is 0 Å². The van der Waals surface area contributed by atoms with Gasteiger partial charge in [-0.3, -0.25) is 4.79 Å². The Morgan fingerprint density at radius 1 is 1.33 bits per heavy atom. The van der Waals surface area contributed by atoms with Crippen molar-refractivity contribution in [3.63, 3.8) is 0 Å². The maximum Gasteiger partial charge on any atom is 0.367 e. The number of carbonyl (C=O) groups excluding carboxylic acids is 2. The molecule has 0 saturated heterocycles. The predicted octanol–water partition coefficient (Wildman–Crippen LogP) is 2.39. The van der Waals surface area contributed by atoms with Gasteiger partial charge in [-0.2, -0.15) is 0 Å². The monoisotopic (exact) mass is 308 g/mol. The van der Waals surface area contributed by atoms with Gasteiger partial charge >= 0.3 is 5.97 Å². The number of esters is 1. The van der Waals surface area contributed by atoms with E-state index in [9.17, 15) is 14.0 Å². The van der Waals surface area contributed by atoms with Crippen LogP contribution in [-0.2, 0) is 11.3 Å². The standard InChI is InChI=1S/C14H13FN2O3S/c1-2-20-14(19)13-17-11(8-21-13)12(18)16-7-9-3-5-10(15)6-4-9/h3-6,8H,2,7H2,1H3,(H,16,18). The van der Waals surface area contributed by atoms with Crippen LogP contribution < -0.4 is 5.32 Å². The molecule has 0 aliphatic rings. The number of benzene rings is 1. The summed E-state index contributed by atoms with van der Waals surface area (Å²) in [6.45, 7) is 2.21. The Balaban J connectivity index is 1.94. The third-order valence-electron chi connectivity index (χ3n) is 2.55. The van der Waals surface area contributed by atoms with Crippen molar-refractivity contribution >= 4 is 23.2 Å². The molecule has 0 spiro atoms. The lowest BCUT2D eigenvalue weighted by Crippen LogP contribution is -2.23. The van der Waals surface area contributed by atoms with Gasteiger partial charge in [-0.1, -0.05) is 12.1 Å². The van der Waals surface area contributed by atoms with Gasteiger partial charge in [0.15, 0.2) is 0 Å². The van der Waals surface area contributed by atoms with Crippen molar-refractivity contribution in [2.75, 3.05) is 6.61 Å². The quantitative estimate of drug-likeness (QED) is 0.861. The van der Waals surface area contributed by atoms with Crippen LogP contribution in [0, 0.1) is 5.82 Å². The molecule has 0 atom stereocenters. The molecule has 110 valence electrons. The van der Waals surface area contributed by atoms with Gasteiger partial charge in [0.05, 0.1) is 6.61 Å². The molecule has 2 rings (SSSR count). The summed E-state index contributed by atoms with van der Waals surface area (Å²) in [6, 6.07) is 5.81. The van der Waals surface area contributed by atoms with Crippen molar-refractivity contribution in [1.82, 2.24) is 10.3 Å². The summed E-state index contributed by atoms with van der Waals surface area (Å²) in [5.74, 6) is -1.27. The maximum atomic E-state index is 12.8. The number of rotatable bonds is 5. The highest BCUT2D eigenvalue weighted by atomic mass is 32.1. The summed E-state index contributed by atoms with van der Waals surface area (Å²) in [4.78, 5) is 27.3. The molecule has 0 fully saturated rings. The molecule has 0 unspecified atom stereocenters. The highest BCUT2D eigenvalue weighted by Crippen LogP contribution is 2.11. The second-order valence-corrected chi connectivity index (χ2v) is 4.93. The topological polar surface area (TPSA) is 68.3 Å². The van der Waals surface area contributed by atoms with Crippen LogP contribution >= 0.6 is 11.3 Å². The number of nitrogens with zero attached hydrogens (tertiary/aromatic N) is 1. The molecule has 0 aliphatic heterocycles. The molecule has 0 saturated carbocycles. The molecule has 2 aromatic rings. The Bertz CT molecular complexity index is 640. The van der Waals surface area contributed by atoms with Crippen LogP contribution in [-0.4, -0.2) is 23.5 Å². The fraction of sp³-hybridized carbons (Fsp3) is 0.214. The van der Waals surface area contributed by atoms with E-state index in [-0.39, 0.29) is 29.7 Å². The van der Waals surface area contributed by atoms with Crippen molar-refractivity contribution in [3.8, 4) is 0 Å². The molecule has 1 heterocycles. The maximum absolute atomic E-state index is 12.8. The number of ether oxygens (including phenoxy) is 1. The minimum Gasteiger partial charge on any atom is -0.461 e. The lowest BCUT2D eigenvalue weighted by molar-refractivity contribution is 0.0526. The summed E-state index contributed by atoms with van der Waals surface area (Å²) in [7, 11) is 0. The Hall–Kier alpha value is -2.28. The van der Waals surface area contributed by atoms with Gasteiger partial charge in [0.2, 0.25) is 5.01 Å². The van der Waals surface area contributed by atoms with Crippen LogP contribution in [0.1, 0.15) is 32.8 Å². The van der Waals surface area contributed by atoms with Gasteiger partial charge in [0.1, 0.15) is 11.5 Å². The number of aromatic nitrogens is 1. The summed E-state index contributed by atoms with van der Waals surface area (Å²) in [5.41, 5.74) is 0.927. The van der Waals surface area contributed by atoms with E-state index in [1.165, 1.54) is 17.5 Å². The molecular weight excluding hydrogens is 295 g/mol. The van der Waals surface area contributed by atoms with Crippen molar-refractivity contribution < 1.29 is 18.7 Å². The molecule has 1 N–H and O–H groups in total. The summed E-state index contributed by atoms with van der Waals surface area (Å²) in [6.07, 6.45) is 0. The van der Waals surface area contributed by atoms with E-state index in [1.54, 1.807) is 19.1 Å². The summed E-state index contributed by atoms with van der Waals surface area (Å²) >= 11 is 1.05. The zero-order valence-electron chi connectivity index (χ0n) is 11.3. The van der Waals surface area contributed by atoms with E-state index in [2.05, 4.69) is 10.3 Å². The van der Waals surface area contributed by atoms with E-state index in [0.29, 0.717) is 0 Å². The second-order valence-electron chi connectivity index (χ2n) is 4.07. The third kappa shape index (κ3) is 4.09. The lowest BCUT2D eigenvalue weighted by atomic mass is 10.2.